The number of halogens is 2. The van der Waals surface area contributed by atoms with Crippen molar-refractivity contribution < 1.29 is 28.7 Å². The van der Waals surface area contributed by atoms with Gasteiger partial charge in [-0.05, 0) is 60.7 Å². The van der Waals surface area contributed by atoms with Gasteiger partial charge in [-0.15, -0.1) is 0 Å². The van der Waals surface area contributed by atoms with E-state index in [-0.39, 0.29) is 29.7 Å². The normalized spacial score (nSPS) is 16.9. The standard InChI is InChI=1S/C25H23Cl2N3O6S/c1-15-2-4-18(12-19(15)27)28-22(31)14-36-20-5-3-17(26)10-16(20)11-21-24(33)30(25(34)37-21)13-23(32)29-6-8-35-9-7-29/h2-5,10-12H,6-9,13-14H2,1H3,(H,28,31)/b21-11-. The number of morpholine rings is 1. The number of hydrogen-bond donors (Lipinski definition) is 1. The lowest BCUT2D eigenvalue weighted by atomic mass is 10.2. The van der Waals surface area contributed by atoms with Gasteiger partial charge in [0.1, 0.15) is 12.3 Å². The second kappa shape index (κ2) is 12.0. The van der Waals surface area contributed by atoms with Gasteiger partial charge in [-0.1, -0.05) is 29.3 Å². The maximum Gasteiger partial charge on any atom is 0.294 e. The number of ether oxygens (including phenoxy) is 2. The van der Waals surface area contributed by atoms with Gasteiger partial charge in [0, 0.05) is 34.4 Å². The third-order valence-corrected chi connectivity index (χ3v) is 7.15. The number of thioether (sulfide) groups is 1. The Morgan fingerprint density at radius 3 is 2.62 bits per heavy atom. The number of nitrogens with one attached hydrogen (secondary N) is 1. The van der Waals surface area contributed by atoms with Crippen LogP contribution < -0.4 is 10.1 Å². The van der Waals surface area contributed by atoms with Crippen molar-refractivity contribution in [2.24, 2.45) is 0 Å². The molecule has 0 spiro atoms. The summed E-state index contributed by atoms with van der Waals surface area (Å²) in [6.07, 6.45) is 1.46. The van der Waals surface area contributed by atoms with Gasteiger partial charge in [0.2, 0.25) is 5.91 Å². The number of nitrogens with zero attached hydrogens (tertiary/aromatic N) is 2. The SMILES string of the molecule is Cc1ccc(NC(=O)COc2ccc(Cl)cc2/C=C2\SC(=O)N(CC(=O)N3CCOCC3)C2=O)cc1Cl. The molecule has 2 aliphatic heterocycles. The van der Waals surface area contributed by atoms with Crippen LogP contribution in [0.5, 0.6) is 5.75 Å². The van der Waals surface area contributed by atoms with E-state index in [9.17, 15) is 19.2 Å². The molecule has 2 aliphatic rings. The van der Waals surface area contributed by atoms with Crippen LogP contribution in [-0.4, -0.2) is 72.2 Å². The molecule has 1 N–H and O–H groups in total. The molecule has 0 unspecified atom stereocenters. The molecular formula is C25H23Cl2N3O6S. The molecule has 2 fully saturated rings. The molecule has 0 radical (unpaired) electrons. The molecule has 2 aromatic carbocycles. The van der Waals surface area contributed by atoms with Gasteiger partial charge in [-0.3, -0.25) is 24.1 Å². The summed E-state index contributed by atoms with van der Waals surface area (Å²) >= 11 is 13.0. The Morgan fingerprint density at radius 1 is 1.14 bits per heavy atom. The highest BCUT2D eigenvalue weighted by molar-refractivity contribution is 8.18. The first-order valence-electron chi connectivity index (χ1n) is 11.3. The molecule has 0 atom stereocenters. The number of carbonyl (C=O) groups excluding carboxylic acids is 4. The summed E-state index contributed by atoms with van der Waals surface area (Å²) in [5, 5.41) is 3.06. The maximum atomic E-state index is 12.9. The summed E-state index contributed by atoms with van der Waals surface area (Å²) in [7, 11) is 0. The largest absolute Gasteiger partial charge is 0.483 e. The molecule has 2 aromatic rings. The lowest BCUT2D eigenvalue weighted by Gasteiger charge is -2.28. The molecule has 194 valence electrons. The van der Waals surface area contributed by atoms with Crippen LogP contribution in [0.1, 0.15) is 11.1 Å². The van der Waals surface area contributed by atoms with Gasteiger partial charge in [0.05, 0.1) is 18.1 Å². The fourth-order valence-electron chi connectivity index (χ4n) is 3.60. The van der Waals surface area contributed by atoms with Crippen LogP contribution in [0.25, 0.3) is 6.08 Å². The predicted octanol–water partition coefficient (Wildman–Crippen LogP) is 4.21. The van der Waals surface area contributed by atoms with Crippen molar-refractivity contribution >= 4 is 69.7 Å². The van der Waals surface area contributed by atoms with Crippen LogP contribution in [-0.2, 0) is 19.1 Å². The third-order valence-electron chi connectivity index (χ3n) is 5.60. The molecule has 0 saturated carbocycles. The Balaban J connectivity index is 1.43. The zero-order valence-electron chi connectivity index (χ0n) is 19.8. The van der Waals surface area contributed by atoms with Gasteiger partial charge >= 0.3 is 0 Å². The average molecular weight is 564 g/mol. The molecule has 4 amide bonds. The topological polar surface area (TPSA) is 105 Å². The van der Waals surface area contributed by atoms with Crippen LogP contribution in [0, 0.1) is 6.92 Å². The average Bonchev–Trinajstić information content (AvgIpc) is 3.13. The van der Waals surface area contributed by atoms with E-state index in [1.807, 2.05) is 6.92 Å². The second-order valence-corrected chi connectivity index (χ2v) is 10.1. The molecule has 0 bridgehead atoms. The summed E-state index contributed by atoms with van der Waals surface area (Å²) in [6, 6.07) is 9.86. The van der Waals surface area contributed by atoms with Crippen molar-refractivity contribution in [1.29, 1.82) is 0 Å². The Bertz CT molecular complexity index is 1280. The monoisotopic (exact) mass is 563 g/mol. The van der Waals surface area contributed by atoms with Crippen LogP contribution in [0.2, 0.25) is 10.0 Å². The van der Waals surface area contributed by atoms with Crippen molar-refractivity contribution in [1.82, 2.24) is 9.80 Å². The number of hydrogen-bond acceptors (Lipinski definition) is 7. The van der Waals surface area contributed by atoms with Crippen LogP contribution in [0.4, 0.5) is 10.5 Å². The minimum Gasteiger partial charge on any atom is -0.483 e. The Labute approximate surface area is 227 Å². The van der Waals surface area contributed by atoms with E-state index in [2.05, 4.69) is 5.32 Å². The number of aryl methyl sites for hydroxylation is 1. The van der Waals surface area contributed by atoms with Gasteiger partial charge in [-0.2, -0.15) is 0 Å². The van der Waals surface area contributed by atoms with E-state index < -0.39 is 17.1 Å². The number of imide groups is 1. The van der Waals surface area contributed by atoms with Gasteiger partial charge < -0.3 is 19.7 Å². The minimum atomic E-state index is -0.587. The van der Waals surface area contributed by atoms with Crippen molar-refractivity contribution in [3.8, 4) is 5.75 Å². The van der Waals surface area contributed by atoms with Crippen molar-refractivity contribution in [3.05, 3.63) is 62.5 Å². The highest BCUT2D eigenvalue weighted by Gasteiger charge is 2.37. The number of rotatable bonds is 7. The van der Waals surface area contributed by atoms with E-state index >= 15 is 0 Å². The molecule has 2 heterocycles. The molecular weight excluding hydrogens is 541 g/mol. The first-order valence-corrected chi connectivity index (χ1v) is 12.9. The van der Waals surface area contributed by atoms with Crippen LogP contribution >= 0.6 is 35.0 Å². The lowest BCUT2D eigenvalue weighted by molar-refractivity contribution is -0.139. The molecule has 2 saturated heterocycles. The van der Waals surface area contributed by atoms with Crippen LogP contribution in [0.15, 0.2) is 41.3 Å². The maximum absolute atomic E-state index is 12.9. The second-order valence-electron chi connectivity index (χ2n) is 8.24. The van der Waals surface area contributed by atoms with E-state index in [1.165, 1.54) is 6.08 Å². The lowest BCUT2D eigenvalue weighted by Crippen LogP contribution is -2.46. The zero-order valence-corrected chi connectivity index (χ0v) is 22.1. The van der Waals surface area contributed by atoms with Gasteiger partial charge in [0.15, 0.2) is 6.61 Å². The molecule has 0 aliphatic carbocycles. The molecule has 4 rings (SSSR count). The third kappa shape index (κ3) is 6.84. The summed E-state index contributed by atoms with van der Waals surface area (Å²) in [5.74, 6) is -1.03. The van der Waals surface area contributed by atoms with Gasteiger partial charge in [0.25, 0.3) is 17.1 Å². The first kappa shape index (κ1) is 27.0. The fourth-order valence-corrected chi connectivity index (χ4v) is 4.79. The number of carbonyl (C=O) groups is 4. The Kier molecular flexibility index (Phi) is 8.75. The number of anilines is 1. The Hall–Kier alpha value is -3.05. The van der Waals surface area contributed by atoms with Crippen LogP contribution in [0.3, 0.4) is 0 Å². The molecule has 9 nitrogen and oxygen atoms in total. The number of amides is 4. The molecule has 0 aromatic heterocycles. The minimum absolute atomic E-state index is 0.116. The van der Waals surface area contributed by atoms with E-state index in [0.29, 0.717) is 47.6 Å². The van der Waals surface area contributed by atoms with Gasteiger partial charge in [-0.25, -0.2) is 0 Å². The summed E-state index contributed by atoms with van der Waals surface area (Å²) < 4.78 is 10.9. The smallest absolute Gasteiger partial charge is 0.294 e. The molecule has 37 heavy (non-hydrogen) atoms. The van der Waals surface area contributed by atoms with Crippen molar-refractivity contribution in [2.75, 3.05) is 44.8 Å². The number of benzene rings is 2. The molecule has 12 heteroatoms. The summed E-state index contributed by atoms with van der Waals surface area (Å²) in [5.41, 5.74) is 1.82. The summed E-state index contributed by atoms with van der Waals surface area (Å²) in [6.45, 7) is 2.87. The highest BCUT2D eigenvalue weighted by Crippen LogP contribution is 2.35. The van der Waals surface area contributed by atoms with E-state index in [0.717, 1.165) is 22.2 Å². The highest BCUT2D eigenvalue weighted by atomic mass is 35.5. The summed E-state index contributed by atoms with van der Waals surface area (Å²) in [4.78, 5) is 53.0. The first-order chi connectivity index (χ1) is 17.7. The quantitative estimate of drug-likeness (QED) is 0.503. The Morgan fingerprint density at radius 2 is 1.89 bits per heavy atom. The van der Waals surface area contributed by atoms with E-state index in [1.54, 1.807) is 41.3 Å². The van der Waals surface area contributed by atoms with Crippen molar-refractivity contribution in [3.63, 3.8) is 0 Å². The van der Waals surface area contributed by atoms with Crippen molar-refractivity contribution in [2.45, 2.75) is 6.92 Å². The van der Waals surface area contributed by atoms with E-state index in [4.69, 9.17) is 32.7 Å². The fraction of sp³-hybridized carbons (Fsp3) is 0.280. The zero-order chi connectivity index (χ0) is 26.5. The predicted molar refractivity (Wildman–Crippen MR) is 142 cm³/mol.